The van der Waals surface area contributed by atoms with Gasteiger partial charge in [-0.05, 0) is 42.7 Å². The normalized spacial score (nSPS) is 16.2. The number of carbonyl (C=O) groups is 2. The first-order valence-electron chi connectivity index (χ1n) is 7.66. The van der Waals surface area contributed by atoms with E-state index in [1.165, 1.54) is 18.2 Å². The first-order chi connectivity index (χ1) is 11.5. The van der Waals surface area contributed by atoms with Crippen LogP contribution in [0.3, 0.4) is 0 Å². The van der Waals surface area contributed by atoms with Crippen molar-refractivity contribution in [1.29, 1.82) is 0 Å². The lowest BCUT2D eigenvalue weighted by atomic mass is 9.89. The molecule has 24 heavy (non-hydrogen) atoms. The molecule has 0 aliphatic carbocycles. The largest absolute Gasteiger partial charge is 0.326 e. The van der Waals surface area contributed by atoms with Gasteiger partial charge in [-0.3, -0.25) is 9.59 Å². The summed E-state index contributed by atoms with van der Waals surface area (Å²) in [5.74, 6) is -1.25. The molecule has 1 atom stereocenters. The average Bonchev–Trinajstić information content (AvgIpc) is 2.56. The van der Waals surface area contributed by atoms with Crippen molar-refractivity contribution in [3.05, 3.63) is 58.9 Å². The van der Waals surface area contributed by atoms with Gasteiger partial charge in [0.15, 0.2) is 0 Å². The molecule has 1 aliphatic heterocycles. The molecule has 0 spiro atoms. The van der Waals surface area contributed by atoms with Crippen molar-refractivity contribution in [3.63, 3.8) is 0 Å². The van der Waals surface area contributed by atoms with Crippen LogP contribution in [0.1, 0.15) is 18.4 Å². The summed E-state index contributed by atoms with van der Waals surface area (Å²) < 4.78 is 13.6. The minimum atomic E-state index is -0.544. The van der Waals surface area contributed by atoms with Gasteiger partial charge >= 0.3 is 0 Å². The molecular formula is C18H16ClFN2O2. The molecule has 4 nitrogen and oxygen atoms in total. The molecule has 1 aliphatic rings. The van der Waals surface area contributed by atoms with Crippen LogP contribution in [-0.4, -0.2) is 11.8 Å². The van der Waals surface area contributed by atoms with E-state index in [1.54, 1.807) is 0 Å². The molecule has 2 aromatic carbocycles. The maximum atomic E-state index is 13.6. The van der Waals surface area contributed by atoms with E-state index in [4.69, 9.17) is 11.6 Å². The maximum absolute atomic E-state index is 13.6. The van der Waals surface area contributed by atoms with Crippen LogP contribution in [0.4, 0.5) is 15.8 Å². The predicted octanol–water partition coefficient (Wildman–Crippen LogP) is 4.01. The third-order valence-electron chi connectivity index (χ3n) is 4.03. The van der Waals surface area contributed by atoms with Crippen molar-refractivity contribution in [3.8, 4) is 0 Å². The lowest BCUT2D eigenvalue weighted by Crippen LogP contribution is -2.30. The van der Waals surface area contributed by atoms with Crippen molar-refractivity contribution >= 4 is 34.8 Å². The van der Waals surface area contributed by atoms with Gasteiger partial charge in [-0.15, -0.1) is 0 Å². The number of nitrogens with one attached hydrogen (secondary N) is 2. The Morgan fingerprint density at radius 2 is 2.08 bits per heavy atom. The Morgan fingerprint density at radius 1 is 1.29 bits per heavy atom. The Kier molecular flexibility index (Phi) is 4.81. The van der Waals surface area contributed by atoms with E-state index < -0.39 is 5.82 Å². The molecule has 124 valence electrons. The molecule has 1 unspecified atom stereocenters. The van der Waals surface area contributed by atoms with Crippen LogP contribution in [-0.2, 0) is 16.0 Å². The molecule has 6 heteroatoms. The Morgan fingerprint density at radius 3 is 2.92 bits per heavy atom. The highest BCUT2D eigenvalue weighted by atomic mass is 35.5. The van der Waals surface area contributed by atoms with Crippen LogP contribution in [0.2, 0.25) is 5.02 Å². The predicted molar refractivity (Wildman–Crippen MR) is 91.5 cm³/mol. The average molecular weight is 347 g/mol. The number of fused-ring (bicyclic) bond motifs is 1. The fourth-order valence-electron chi connectivity index (χ4n) is 2.76. The summed E-state index contributed by atoms with van der Waals surface area (Å²) in [5, 5.41) is 5.69. The summed E-state index contributed by atoms with van der Waals surface area (Å²) in [6.07, 6.45) is 1.13. The monoisotopic (exact) mass is 346 g/mol. The molecule has 0 saturated heterocycles. The zero-order chi connectivity index (χ0) is 17.1. The van der Waals surface area contributed by atoms with Crippen LogP contribution in [0.25, 0.3) is 0 Å². The molecule has 0 saturated carbocycles. The smallest absolute Gasteiger partial charge is 0.227 e. The van der Waals surface area contributed by atoms with E-state index in [0.29, 0.717) is 17.9 Å². The number of amides is 2. The second-order valence-corrected chi connectivity index (χ2v) is 6.19. The molecule has 2 aromatic rings. The lowest BCUT2D eigenvalue weighted by molar-refractivity contribution is -0.121. The highest BCUT2D eigenvalue weighted by Crippen LogP contribution is 2.27. The Bertz CT molecular complexity index is 794. The van der Waals surface area contributed by atoms with Crippen LogP contribution >= 0.6 is 11.6 Å². The van der Waals surface area contributed by atoms with Crippen molar-refractivity contribution in [2.45, 2.75) is 19.3 Å². The van der Waals surface area contributed by atoms with Crippen molar-refractivity contribution in [1.82, 2.24) is 0 Å². The van der Waals surface area contributed by atoms with Gasteiger partial charge in [-0.2, -0.15) is 0 Å². The quantitative estimate of drug-likeness (QED) is 0.878. The maximum Gasteiger partial charge on any atom is 0.227 e. The number of benzene rings is 2. The molecule has 2 N–H and O–H groups in total. The highest BCUT2D eigenvalue weighted by Gasteiger charge is 2.26. The topological polar surface area (TPSA) is 58.2 Å². The van der Waals surface area contributed by atoms with Gasteiger partial charge in [0.1, 0.15) is 5.82 Å². The zero-order valence-electron chi connectivity index (χ0n) is 12.8. The number of hydrogen-bond donors (Lipinski definition) is 2. The van der Waals surface area contributed by atoms with Gasteiger partial charge in [-0.25, -0.2) is 4.39 Å². The third-order valence-corrected chi connectivity index (χ3v) is 4.27. The number of hydrogen-bond acceptors (Lipinski definition) is 2. The summed E-state index contributed by atoms with van der Waals surface area (Å²) in [6, 6.07) is 11.6. The first kappa shape index (κ1) is 16.5. The summed E-state index contributed by atoms with van der Waals surface area (Å²) in [4.78, 5) is 24.1. The van der Waals surface area contributed by atoms with Gasteiger partial charge < -0.3 is 10.6 Å². The Labute approximate surface area is 144 Å². The second-order valence-electron chi connectivity index (χ2n) is 5.76. The van der Waals surface area contributed by atoms with Crippen LogP contribution in [0.15, 0.2) is 42.5 Å². The molecule has 0 aromatic heterocycles. The molecule has 1 heterocycles. The number of anilines is 2. The molecule has 2 amide bonds. The minimum absolute atomic E-state index is 0.0472. The lowest BCUT2D eigenvalue weighted by Gasteiger charge is -2.24. The van der Waals surface area contributed by atoms with Gasteiger partial charge in [0.2, 0.25) is 11.8 Å². The summed E-state index contributed by atoms with van der Waals surface area (Å²) in [5.41, 5.74) is 1.93. The molecule has 3 rings (SSSR count). The second kappa shape index (κ2) is 7.01. The molecular weight excluding hydrogens is 331 g/mol. The third kappa shape index (κ3) is 3.74. The SMILES string of the molecule is O=C(CCC1Cc2ccccc2NC1=O)Nc1cc(Cl)ccc1F. The first-order valence-corrected chi connectivity index (χ1v) is 8.04. The highest BCUT2D eigenvalue weighted by molar-refractivity contribution is 6.30. The van der Waals surface area contributed by atoms with E-state index in [-0.39, 0.29) is 29.8 Å². The van der Waals surface area contributed by atoms with Crippen LogP contribution in [0.5, 0.6) is 0 Å². The molecule has 0 radical (unpaired) electrons. The van der Waals surface area contributed by atoms with Crippen molar-refractivity contribution in [2.24, 2.45) is 5.92 Å². The summed E-state index contributed by atoms with van der Waals surface area (Å²) in [6.45, 7) is 0. The van der Waals surface area contributed by atoms with E-state index >= 15 is 0 Å². The van der Waals surface area contributed by atoms with E-state index in [9.17, 15) is 14.0 Å². The standard InChI is InChI=1S/C18H16ClFN2O2/c19-13-6-7-14(20)16(10-13)21-17(23)8-5-12-9-11-3-1-2-4-15(11)22-18(12)24/h1-4,6-7,10,12H,5,8-9H2,(H,21,23)(H,22,24). The van der Waals surface area contributed by atoms with E-state index in [0.717, 1.165) is 11.3 Å². The van der Waals surface area contributed by atoms with Gasteiger partial charge in [0.05, 0.1) is 5.69 Å². The molecule has 0 bridgehead atoms. The van der Waals surface area contributed by atoms with Crippen LogP contribution in [0, 0.1) is 11.7 Å². The minimum Gasteiger partial charge on any atom is -0.326 e. The van der Waals surface area contributed by atoms with Gasteiger partial charge in [0, 0.05) is 23.0 Å². The Hall–Kier alpha value is -2.40. The van der Waals surface area contributed by atoms with E-state index in [1.807, 2.05) is 24.3 Å². The van der Waals surface area contributed by atoms with E-state index in [2.05, 4.69) is 10.6 Å². The van der Waals surface area contributed by atoms with Gasteiger partial charge in [0.25, 0.3) is 0 Å². The van der Waals surface area contributed by atoms with Crippen molar-refractivity contribution in [2.75, 3.05) is 10.6 Å². The zero-order valence-corrected chi connectivity index (χ0v) is 13.6. The number of halogens is 2. The van der Waals surface area contributed by atoms with Gasteiger partial charge in [-0.1, -0.05) is 29.8 Å². The fourth-order valence-corrected chi connectivity index (χ4v) is 2.93. The number of carbonyl (C=O) groups excluding carboxylic acids is 2. The fraction of sp³-hybridized carbons (Fsp3) is 0.222. The number of para-hydroxylation sites is 1. The Balaban J connectivity index is 1.59. The number of rotatable bonds is 4. The summed E-state index contributed by atoms with van der Waals surface area (Å²) >= 11 is 5.80. The van der Waals surface area contributed by atoms with Crippen LogP contribution < -0.4 is 10.6 Å². The van der Waals surface area contributed by atoms with Crippen molar-refractivity contribution < 1.29 is 14.0 Å². The summed E-state index contributed by atoms with van der Waals surface area (Å²) in [7, 11) is 0. The molecule has 0 fully saturated rings.